The molecule has 1 aliphatic heterocycles. The average Bonchev–Trinajstić information content (AvgIpc) is 2.72. The average molecular weight is 380 g/mol. The summed E-state index contributed by atoms with van der Waals surface area (Å²) in [4.78, 5) is 31.0. The van der Waals surface area contributed by atoms with Crippen LogP contribution >= 0.6 is 0 Å². The smallest absolute Gasteiger partial charge is 0.253 e. The van der Waals surface area contributed by atoms with Gasteiger partial charge >= 0.3 is 0 Å². The van der Waals surface area contributed by atoms with Gasteiger partial charge in [-0.1, -0.05) is 12.1 Å². The van der Waals surface area contributed by atoms with E-state index < -0.39 is 0 Å². The van der Waals surface area contributed by atoms with E-state index in [0.717, 1.165) is 37.4 Å². The number of carbonyl (C=O) groups excluding carboxylic acids is 2. The molecule has 1 N–H and O–H groups in total. The molecule has 0 saturated carbocycles. The van der Waals surface area contributed by atoms with E-state index in [4.69, 9.17) is 0 Å². The summed E-state index contributed by atoms with van der Waals surface area (Å²) < 4.78 is 0. The summed E-state index contributed by atoms with van der Waals surface area (Å²) in [7, 11) is 6.00. The Balaban J connectivity index is 1.54. The van der Waals surface area contributed by atoms with Gasteiger partial charge in [-0.3, -0.25) is 9.59 Å². The first-order valence-corrected chi connectivity index (χ1v) is 9.56. The van der Waals surface area contributed by atoms with Crippen LogP contribution in [0.5, 0.6) is 0 Å². The van der Waals surface area contributed by atoms with Crippen LogP contribution in [0.25, 0.3) is 0 Å². The molecule has 0 aromatic heterocycles. The van der Waals surface area contributed by atoms with Crippen molar-refractivity contribution in [3.63, 3.8) is 0 Å². The lowest BCUT2D eigenvalue weighted by Gasteiger charge is -2.32. The highest BCUT2D eigenvalue weighted by Crippen LogP contribution is 2.13. The monoisotopic (exact) mass is 380 g/mol. The van der Waals surface area contributed by atoms with Crippen LogP contribution in [0.3, 0.4) is 0 Å². The third-order valence-electron chi connectivity index (χ3n) is 5.09. The molecule has 28 heavy (non-hydrogen) atoms. The van der Waals surface area contributed by atoms with Crippen molar-refractivity contribution in [2.45, 2.75) is 6.54 Å². The molecule has 1 heterocycles. The van der Waals surface area contributed by atoms with E-state index >= 15 is 0 Å². The molecule has 0 unspecified atom stereocenters. The van der Waals surface area contributed by atoms with Gasteiger partial charge in [-0.25, -0.2) is 0 Å². The molecule has 1 aliphatic rings. The SMILES string of the molecule is CN1CCN(C(=O)c2ccc(CNC(=O)c3ccc(N(C)C)cc3)cc2)CC1. The zero-order chi connectivity index (χ0) is 20.1. The molecule has 3 rings (SSSR count). The minimum atomic E-state index is -0.108. The highest BCUT2D eigenvalue weighted by molar-refractivity contribution is 5.95. The van der Waals surface area contributed by atoms with Gasteiger partial charge in [-0.05, 0) is 49.0 Å². The van der Waals surface area contributed by atoms with Crippen molar-refractivity contribution in [1.82, 2.24) is 15.1 Å². The number of carbonyl (C=O) groups is 2. The normalized spacial score (nSPS) is 14.6. The number of hydrogen-bond acceptors (Lipinski definition) is 4. The van der Waals surface area contributed by atoms with Gasteiger partial charge in [0, 0.05) is 63.6 Å². The number of rotatable bonds is 5. The number of nitrogens with zero attached hydrogens (tertiary/aromatic N) is 3. The van der Waals surface area contributed by atoms with E-state index in [1.165, 1.54) is 0 Å². The predicted octanol–water partition coefficient (Wildman–Crippen LogP) is 2.07. The number of amides is 2. The van der Waals surface area contributed by atoms with Crippen LogP contribution in [0, 0.1) is 0 Å². The molecule has 2 amide bonds. The molecule has 6 nitrogen and oxygen atoms in total. The van der Waals surface area contributed by atoms with Gasteiger partial charge in [0.1, 0.15) is 0 Å². The first-order chi connectivity index (χ1) is 13.4. The number of anilines is 1. The minimum absolute atomic E-state index is 0.0738. The predicted molar refractivity (Wildman–Crippen MR) is 112 cm³/mol. The zero-order valence-corrected chi connectivity index (χ0v) is 16.8. The fraction of sp³-hybridized carbons (Fsp3) is 0.364. The van der Waals surface area contributed by atoms with Gasteiger partial charge in [-0.2, -0.15) is 0 Å². The zero-order valence-electron chi connectivity index (χ0n) is 16.8. The largest absolute Gasteiger partial charge is 0.378 e. The van der Waals surface area contributed by atoms with Crippen LogP contribution in [0.2, 0.25) is 0 Å². The molecule has 6 heteroatoms. The van der Waals surface area contributed by atoms with Crippen molar-refractivity contribution in [1.29, 1.82) is 0 Å². The van der Waals surface area contributed by atoms with Crippen LogP contribution in [0.1, 0.15) is 26.3 Å². The maximum atomic E-state index is 12.6. The topological polar surface area (TPSA) is 55.9 Å². The van der Waals surface area contributed by atoms with Gasteiger partial charge in [0.15, 0.2) is 0 Å². The Kier molecular flexibility index (Phi) is 6.31. The van der Waals surface area contributed by atoms with Crippen LogP contribution in [-0.4, -0.2) is 68.9 Å². The highest BCUT2D eigenvalue weighted by Gasteiger charge is 2.20. The Morgan fingerprint density at radius 1 is 0.893 bits per heavy atom. The van der Waals surface area contributed by atoms with Gasteiger partial charge in [0.25, 0.3) is 11.8 Å². The number of hydrogen-bond donors (Lipinski definition) is 1. The second-order valence-electron chi connectivity index (χ2n) is 7.42. The first-order valence-electron chi connectivity index (χ1n) is 9.56. The summed E-state index contributed by atoms with van der Waals surface area (Å²) in [5.41, 5.74) is 3.34. The fourth-order valence-corrected chi connectivity index (χ4v) is 3.15. The lowest BCUT2D eigenvalue weighted by Crippen LogP contribution is -2.47. The molecule has 2 aromatic rings. The third kappa shape index (κ3) is 4.89. The molecule has 1 saturated heterocycles. The summed E-state index contributed by atoms with van der Waals surface area (Å²) in [6.07, 6.45) is 0. The van der Waals surface area contributed by atoms with E-state index in [0.29, 0.717) is 17.7 Å². The van der Waals surface area contributed by atoms with E-state index in [-0.39, 0.29) is 11.8 Å². The second-order valence-corrected chi connectivity index (χ2v) is 7.42. The molecule has 0 spiro atoms. The van der Waals surface area contributed by atoms with Gasteiger partial charge in [-0.15, -0.1) is 0 Å². The summed E-state index contributed by atoms with van der Waals surface area (Å²) in [6, 6.07) is 15.0. The quantitative estimate of drug-likeness (QED) is 0.863. The van der Waals surface area contributed by atoms with Crippen LogP contribution in [0.4, 0.5) is 5.69 Å². The molecular formula is C22H28N4O2. The summed E-state index contributed by atoms with van der Waals surface area (Å²) >= 11 is 0. The molecule has 0 radical (unpaired) electrons. The highest BCUT2D eigenvalue weighted by atomic mass is 16.2. The maximum Gasteiger partial charge on any atom is 0.253 e. The minimum Gasteiger partial charge on any atom is -0.378 e. The van der Waals surface area contributed by atoms with Crippen LogP contribution < -0.4 is 10.2 Å². The maximum absolute atomic E-state index is 12.6. The Morgan fingerprint density at radius 2 is 1.46 bits per heavy atom. The Morgan fingerprint density at radius 3 is 2.04 bits per heavy atom. The number of benzene rings is 2. The second kappa shape index (κ2) is 8.89. The summed E-state index contributed by atoms with van der Waals surface area (Å²) in [5, 5.41) is 2.93. The Hall–Kier alpha value is -2.86. The Bertz CT molecular complexity index is 807. The Labute approximate surface area is 166 Å². The van der Waals surface area contributed by atoms with Crippen LogP contribution in [0.15, 0.2) is 48.5 Å². The van der Waals surface area contributed by atoms with Crippen LogP contribution in [-0.2, 0) is 6.54 Å². The van der Waals surface area contributed by atoms with Crippen molar-refractivity contribution in [2.75, 3.05) is 52.2 Å². The number of likely N-dealkylation sites (N-methyl/N-ethyl adjacent to an activating group) is 1. The molecule has 148 valence electrons. The van der Waals surface area contributed by atoms with E-state index in [1.807, 2.05) is 72.4 Å². The molecule has 0 bridgehead atoms. The van der Waals surface area contributed by atoms with Crippen molar-refractivity contribution in [2.24, 2.45) is 0 Å². The molecule has 1 fully saturated rings. The molecule has 0 atom stereocenters. The lowest BCUT2D eigenvalue weighted by molar-refractivity contribution is 0.0664. The van der Waals surface area contributed by atoms with E-state index in [1.54, 1.807) is 0 Å². The molecular weight excluding hydrogens is 352 g/mol. The number of nitrogens with one attached hydrogen (secondary N) is 1. The number of piperazine rings is 1. The molecule has 2 aromatic carbocycles. The third-order valence-corrected chi connectivity index (χ3v) is 5.09. The van der Waals surface area contributed by atoms with E-state index in [2.05, 4.69) is 17.3 Å². The molecule has 0 aliphatic carbocycles. The van der Waals surface area contributed by atoms with Gasteiger partial charge in [0.2, 0.25) is 0 Å². The standard InChI is InChI=1S/C22H28N4O2/c1-24(2)20-10-8-18(9-11-20)21(27)23-16-17-4-6-19(7-5-17)22(28)26-14-12-25(3)13-15-26/h4-11H,12-16H2,1-3H3,(H,23,27). The van der Waals surface area contributed by atoms with Crippen molar-refractivity contribution >= 4 is 17.5 Å². The van der Waals surface area contributed by atoms with Crippen molar-refractivity contribution < 1.29 is 9.59 Å². The van der Waals surface area contributed by atoms with Crippen molar-refractivity contribution in [3.05, 3.63) is 65.2 Å². The van der Waals surface area contributed by atoms with Gasteiger partial charge in [0.05, 0.1) is 0 Å². The first kappa shape index (κ1) is 19.9. The summed E-state index contributed by atoms with van der Waals surface area (Å²) in [6.45, 7) is 3.77. The van der Waals surface area contributed by atoms with E-state index in [9.17, 15) is 9.59 Å². The fourth-order valence-electron chi connectivity index (χ4n) is 3.15. The van der Waals surface area contributed by atoms with Gasteiger partial charge < -0.3 is 20.0 Å². The lowest BCUT2D eigenvalue weighted by atomic mass is 10.1. The van der Waals surface area contributed by atoms with Crippen molar-refractivity contribution in [3.8, 4) is 0 Å². The summed E-state index contributed by atoms with van der Waals surface area (Å²) in [5.74, 6) is -0.0347.